The van der Waals surface area contributed by atoms with E-state index < -0.39 is 0 Å². The zero-order chi connectivity index (χ0) is 13.2. The number of pyridine rings is 1. The zero-order valence-corrected chi connectivity index (χ0v) is 10.4. The maximum Gasteiger partial charge on any atom is 0.203 e. The Morgan fingerprint density at radius 2 is 1.95 bits per heavy atom. The van der Waals surface area contributed by atoms with Crippen LogP contribution in [0, 0.1) is 0 Å². The monoisotopic (exact) mass is 255 g/mol. The highest BCUT2D eigenvalue weighted by Crippen LogP contribution is 2.18. The maximum absolute atomic E-state index is 9.68. The van der Waals surface area contributed by atoms with Gasteiger partial charge in [0.25, 0.3) is 0 Å². The molecule has 1 N–H and O–H groups in total. The van der Waals surface area contributed by atoms with Gasteiger partial charge in [0.1, 0.15) is 11.6 Å². The molecule has 0 aliphatic carbocycles. The van der Waals surface area contributed by atoms with Gasteiger partial charge in [-0.2, -0.15) is 0 Å². The minimum absolute atomic E-state index is 0.135. The van der Waals surface area contributed by atoms with Crippen molar-refractivity contribution in [2.24, 2.45) is 0 Å². The van der Waals surface area contributed by atoms with E-state index >= 15 is 0 Å². The fourth-order valence-electron chi connectivity index (χ4n) is 2.00. The lowest BCUT2D eigenvalue weighted by atomic mass is 10.1. The number of methoxy groups -OCH3 is 1. The number of aromatic nitrogens is 3. The number of fused-ring (bicyclic) bond motifs is 1. The molecule has 2 aromatic heterocycles. The Bertz CT molecular complexity index is 704. The molecule has 0 aliphatic heterocycles. The van der Waals surface area contributed by atoms with Gasteiger partial charge in [-0.05, 0) is 29.8 Å². The highest BCUT2D eigenvalue weighted by atomic mass is 16.5. The van der Waals surface area contributed by atoms with Crippen LogP contribution >= 0.6 is 0 Å². The number of aromatic hydroxyl groups is 1. The van der Waals surface area contributed by atoms with Gasteiger partial charge in [-0.3, -0.25) is 4.40 Å². The van der Waals surface area contributed by atoms with Crippen LogP contribution in [-0.2, 0) is 6.42 Å². The minimum Gasteiger partial charge on any atom is -0.504 e. The van der Waals surface area contributed by atoms with Gasteiger partial charge in [0, 0.05) is 12.6 Å². The van der Waals surface area contributed by atoms with E-state index in [0.717, 1.165) is 17.1 Å². The van der Waals surface area contributed by atoms with E-state index in [4.69, 9.17) is 4.74 Å². The molecule has 0 amide bonds. The number of rotatable bonds is 3. The first-order valence-electron chi connectivity index (χ1n) is 5.92. The molecule has 0 aliphatic rings. The summed E-state index contributed by atoms with van der Waals surface area (Å²) in [6.45, 7) is 0. The quantitative estimate of drug-likeness (QED) is 0.778. The number of nitrogens with zero attached hydrogens (tertiary/aromatic N) is 3. The van der Waals surface area contributed by atoms with Crippen LogP contribution in [0.25, 0.3) is 5.65 Å². The Balaban J connectivity index is 1.94. The van der Waals surface area contributed by atoms with Crippen molar-refractivity contribution in [3.63, 3.8) is 0 Å². The second-order valence-corrected chi connectivity index (χ2v) is 4.23. The predicted octanol–water partition coefficient (Wildman–Crippen LogP) is 2.03. The van der Waals surface area contributed by atoms with Crippen LogP contribution in [0.4, 0.5) is 0 Å². The fourth-order valence-corrected chi connectivity index (χ4v) is 2.00. The molecule has 3 rings (SSSR count). The number of benzene rings is 1. The van der Waals surface area contributed by atoms with Crippen molar-refractivity contribution >= 4 is 5.65 Å². The largest absolute Gasteiger partial charge is 0.504 e. The summed E-state index contributed by atoms with van der Waals surface area (Å²) in [4.78, 5) is 0. The molecule has 2 heterocycles. The molecule has 3 aromatic rings. The highest BCUT2D eigenvalue weighted by molar-refractivity contribution is 5.52. The third-order valence-corrected chi connectivity index (χ3v) is 3.01. The van der Waals surface area contributed by atoms with Crippen LogP contribution in [0.15, 0.2) is 42.6 Å². The summed E-state index contributed by atoms with van der Waals surface area (Å²) in [6, 6.07) is 11.2. The molecule has 1 aromatic carbocycles. The van der Waals surface area contributed by atoms with E-state index in [2.05, 4.69) is 10.2 Å². The SMILES string of the molecule is COc1ccc(Cc2nnc3c(O)cccn23)cc1. The number of hydrogen-bond donors (Lipinski definition) is 1. The van der Waals surface area contributed by atoms with E-state index in [0.29, 0.717) is 12.1 Å². The van der Waals surface area contributed by atoms with Crippen LogP contribution in [0.5, 0.6) is 11.5 Å². The smallest absolute Gasteiger partial charge is 0.203 e. The van der Waals surface area contributed by atoms with Gasteiger partial charge in [-0.1, -0.05) is 12.1 Å². The standard InChI is InChI=1S/C14H13N3O2/c1-19-11-6-4-10(5-7-11)9-13-15-16-14-12(18)3-2-8-17(13)14/h2-8,18H,9H2,1H3. The van der Waals surface area contributed by atoms with Crippen LogP contribution in [-0.4, -0.2) is 26.8 Å². The van der Waals surface area contributed by atoms with Gasteiger partial charge in [0.05, 0.1) is 7.11 Å². The summed E-state index contributed by atoms with van der Waals surface area (Å²) >= 11 is 0. The first kappa shape index (κ1) is 11.5. The van der Waals surface area contributed by atoms with Gasteiger partial charge >= 0.3 is 0 Å². The van der Waals surface area contributed by atoms with Crippen LogP contribution in [0.1, 0.15) is 11.4 Å². The molecule has 0 saturated carbocycles. The Morgan fingerprint density at radius 3 is 2.68 bits per heavy atom. The van der Waals surface area contributed by atoms with Crippen molar-refractivity contribution in [2.75, 3.05) is 7.11 Å². The van der Waals surface area contributed by atoms with Crippen molar-refractivity contribution in [3.05, 3.63) is 54.0 Å². The molecule has 0 fully saturated rings. The van der Waals surface area contributed by atoms with Crippen molar-refractivity contribution in [1.29, 1.82) is 0 Å². The van der Waals surface area contributed by atoms with Crippen molar-refractivity contribution in [3.8, 4) is 11.5 Å². The Hall–Kier alpha value is -2.56. The molecule has 0 radical (unpaired) electrons. The topological polar surface area (TPSA) is 59.7 Å². The lowest BCUT2D eigenvalue weighted by Crippen LogP contribution is -1.96. The molecular weight excluding hydrogens is 242 g/mol. The highest BCUT2D eigenvalue weighted by Gasteiger charge is 2.08. The Morgan fingerprint density at radius 1 is 1.16 bits per heavy atom. The Labute approximate surface area is 110 Å². The molecule has 0 spiro atoms. The Kier molecular flexibility index (Phi) is 2.79. The average molecular weight is 255 g/mol. The molecule has 96 valence electrons. The number of ether oxygens (including phenoxy) is 1. The van der Waals surface area contributed by atoms with Gasteiger partial charge < -0.3 is 9.84 Å². The second kappa shape index (κ2) is 4.61. The van der Waals surface area contributed by atoms with Gasteiger partial charge in [0.15, 0.2) is 5.75 Å². The number of hydrogen-bond acceptors (Lipinski definition) is 4. The first-order chi connectivity index (χ1) is 9.28. The summed E-state index contributed by atoms with van der Waals surface area (Å²) in [5.41, 5.74) is 1.59. The first-order valence-corrected chi connectivity index (χ1v) is 5.92. The van der Waals surface area contributed by atoms with Crippen molar-refractivity contribution < 1.29 is 9.84 Å². The summed E-state index contributed by atoms with van der Waals surface area (Å²) in [6.07, 6.45) is 2.49. The molecule has 5 nitrogen and oxygen atoms in total. The van der Waals surface area contributed by atoms with E-state index in [9.17, 15) is 5.11 Å². The molecule has 5 heteroatoms. The molecule has 0 bridgehead atoms. The van der Waals surface area contributed by atoms with E-state index in [-0.39, 0.29) is 5.75 Å². The second-order valence-electron chi connectivity index (χ2n) is 4.23. The zero-order valence-electron chi connectivity index (χ0n) is 10.4. The average Bonchev–Trinajstić information content (AvgIpc) is 2.84. The van der Waals surface area contributed by atoms with Gasteiger partial charge in [0.2, 0.25) is 5.65 Å². The molecule has 0 atom stereocenters. The molecular formula is C14H13N3O2. The predicted molar refractivity (Wildman–Crippen MR) is 70.5 cm³/mol. The summed E-state index contributed by atoms with van der Waals surface area (Å²) in [5, 5.41) is 17.8. The summed E-state index contributed by atoms with van der Waals surface area (Å²) < 4.78 is 6.92. The van der Waals surface area contributed by atoms with Crippen molar-refractivity contribution in [1.82, 2.24) is 14.6 Å². The van der Waals surface area contributed by atoms with Gasteiger partial charge in [-0.25, -0.2) is 0 Å². The van der Waals surface area contributed by atoms with Gasteiger partial charge in [-0.15, -0.1) is 10.2 Å². The third-order valence-electron chi connectivity index (χ3n) is 3.01. The summed E-state index contributed by atoms with van der Waals surface area (Å²) in [7, 11) is 1.64. The van der Waals surface area contributed by atoms with Crippen LogP contribution in [0.2, 0.25) is 0 Å². The fraction of sp³-hybridized carbons (Fsp3) is 0.143. The molecule has 0 saturated heterocycles. The minimum atomic E-state index is 0.135. The molecule has 19 heavy (non-hydrogen) atoms. The van der Waals surface area contributed by atoms with Crippen LogP contribution < -0.4 is 4.74 Å². The van der Waals surface area contributed by atoms with Crippen molar-refractivity contribution in [2.45, 2.75) is 6.42 Å². The van der Waals surface area contributed by atoms with E-state index in [1.165, 1.54) is 0 Å². The molecule has 0 unspecified atom stereocenters. The maximum atomic E-state index is 9.68. The normalized spacial score (nSPS) is 10.8. The van der Waals surface area contributed by atoms with E-state index in [1.807, 2.05) is 30.5 Å². The third kappa shape index (κ3) is 2.10. The summed E-state index contributed by atoms with van der Waals surface area (Å²) in [5.74, 6) is 1.75. The van der Waals surface area contributed by atoms with E-state index in [1.54, 1.807) is 23.6 Å². The van der Waals surface area contributed by atoms with Crippen LogP contribution in [0.3, 0.4) is 0 Å². The lowest BCUT2D eigenvalue weighted by molar-refractivity contribution is 0.414. The lowest BCUT2D eigenvalue weighted by Gasteiger charge is -2.03.